The number of hydrogen-bond donors (Lipinski definition) is 5. The summed E-state index contributed by atoms with van der Waals surface area (Å²) in [6.45, 7) is 1.49. The Bertz CT molecular complexity index is 1110. The lowest BCUT2D eigenvalue weighted by atomic mass is 10.0. The predicted molar refractivity (Wildman–Crippen MR) is 122 cm³/mol. The van der Waals surface area contributed by atoms with Crippen LogP contribution in [0.25, 0.3) is 0 Å². The van der Waals surface area contributed by atoms with Gasteiger partial charge in [0.05, 0.1) is 16.8 Å². The molecule has 0 aliphatic carbocycles. The van der Waals surface area contributed by atoms with Gasteiger partial charge in [0, 0.05) is 18.3 Å². The smallest absolute Gasteiger partial charge is 0.416 e. The molecule has 0 spiro atoms. The van der Waals surface area contributed by atoms with Gasteiger partial charge in [-0.25, -0.2) is 4.79 Å². The molecule has 0 aliphatic heterocycles. The Labute approximate surface area is 192 Å². The van der Waals surface area contributed by atoms with E-state index in [1.807, 2.05) is 0 Å². The number of hydrazine groups is 1. The first-order chi connectivity index (χ1) is 15.4. The van der Waals surface area contributed by atoms with E-state index in [0.717, 1.165) is 24.3 Å². The van der Waals surface area contributed by atoms with Crippen LogP contribution in [0.2, 0.25) is 0 Å². The topological polar surface area (TPSA) is 129 Å². The molecule has 0 saturated carbocycles. The van der Waals surface area contributed by atoms with Crippen LogP contribution >= 0.6 is 12.2 Å². The van der Waals surface area contributed by atoms with Crippen molar-refractivity contribution in [1.82, 2.24) is 10.9 Å². The number of nitrogens with one attached hydrogen (secondary N) is 3. The first kappa shape index (κ1) is 25.3. The van der Waals surface area contributed by atoms with Gasteiger partial charge < -0.3 is 21.6 Å². The number of alkyl halides is 3. The zero-order valence-corrected chi connectivity index (χ0v) is 18.3. The summed E-state index contributed by atoms with van der Waals surface area (Å²) in [5.41, 5.74) is 11.0. The highest BCUT2D eigenvalue weighted by Gasteiger charge is 2.30. The Morgan fingerprint density at radius 3 is 2.03 bits per heavy atom. The van der Waals surface area contributed by atoms with Gasteiger partial charge in [-0.05, 0) is 55.5 Å². The minimum atomic E-state index is -4.50. The average molecular weight is 479 g/mol. The Hall–Kier alpha value is -3.93. The van der Waals surface area contributed by atoms with Crippen LogP contribution in [0.3, 0.4) is 0 Å². The van der Waals surface area contributed by atoms with Crippen LogP contribution < -0.4 is 21.9 Å². The highest BCUT2D eigenvalue weighted by atomic mass is 32.1. The molecule has 2 aromatic carbocycles. The van der Waals surface area contributed by atoms with Gasteiger partial charge in [0.1, 0.15) is 11.4 Å². The summed E-state index contributed by atoms with van der Waals surface area (Å²) < 4.78 is 38.3. The summed E-state index contributed by atoms with van der Waals surface area (Å²) in [5.74, 6) is -1.75. The number of carbonyl (C=O) groups is 2. The van der Waals surface area contributed by atoms with Crippen LogP contribution in [0.1, 0.15) is 28.4 Å². The number of thiocarbonyl (C=S) groups is 1. The lowest BCUT2D eigenvalue weighted by molar-refractivity contribution is -0.137. The second-order valence-electron chi connectivity index (χ2n) is 6.60. The molecular weight excluding hydrogens is 459 g/mol. The van der Waals surface area contributed by atoms with Crippen molar-refractivity contribution in [2.75, 3.05) is 12.4 Å². The fraction of sp³-hybridized carbons (Fsp3) is 0.143. The quantitative estimate of drug-likeness (QED) is 0.177. The van der Waals surface area contributed by atoms with Crippen molar-refractivity contribution in [2.24, 2.45) is 10.7 Å². The standard InChI is InChI=1S/C21H20F3N5O3S/c1-11(28-29-20(33)27-15-9-5-13(6-10-15)19(31)32)16(25)18(30)17(26-2)12-3-7-14(8-4-12)21(22,23)24/h3-10,28H,25H2,1-2H3,(H,31,32)(H2,27,29,33). The van der Waals surface area contributed by atoms with E-state index in [9.17, 15) is 22.8 Å². The minimum Gasteiger partial charge on any atom is -0.478 e. The van der Waals surface area contributed by atoms with Crippen molar-refractivity contribution in [3.63, 3.8) is 0 Å². The van der Waals surface area contributed by atoms with Crippen LogP contribution in [-0.2, 0) is 11.0 Å². The van der Waals surface area contributed by atoms with Gasteiger partial charge in [-0.3, -0.25) is 15.2 Å². The molecule has 0 unspecified atom stereocenters. The van der Waals surface area contributed by atoms with Crippen molar-refractivity contribution in [3.8, 4) is 0 Å². The van der Waals surface area contributed by atoms with Crippen LogP contribution in [0.5, 0.6) is 0 Å². The van der Waals surface area contributed by atoms with Crippen molar-refractivity contribution in [1.29, 1.82) is 0 Å². The molecule has 0 aliphatic rings. The molecule has 0 atom stereocenters. The van der Waals surface area contributed by atoms with Gasteiger partial charge in [-0.1, -0.05) is 12.1 Å². The van der Waals surface area contributed by atoms with Crippen molar-refractivity contribution < 1.29 is 27.9 Å². The van der Waals surface area contributed by atoms with E-state index < -0.39 is 23.5 Å². The van der Waals surface area contributed by atoms with Gasteiger partial charge >= 0.3 is 12.1 Å². The lowest BCUT2D eigenvalue weighted by Gasteiger charge is -2.15. The zero-order chi connectivity index (χ0) is 24.8. The average Bonchev–Trinajstić information content (AvgIpc) is 2.77. The maximum Gasteiger partial charge on any atom is 0.416 e. The van der Waals surface area contributed by atoms with E-state index in [1.54, 1.807) is 0 Å². The zero-order valence-electron chi connectivity index (χ0n) is 17.4. The Morgan fingerprint density at radius 1 is 1.00 bits per heavy atom. The van der Waals surface area contributed by atoms with E-state index in [0.29, 0.717) is 5.69 Å². The summed E-state index contributed by atoms with van der Waals surface area (Å²) in [6, 6.07) is 9.84. The molecule has 0 bridgehead atoms. The maximum absolute atomic E-state index is 12.8. The first-order valence-corrected chi connectivity index (χ1v) is 9.66. The van der Waals surface area contributed by atoms with Crippen LogP contribution in [0, 0.1) is 0 Å². The number of aliphatic imine (C=N–C) groups is 1. The number of benzene rings is 2. The number of anilines is 1. The molecule has 12 heteroatoms. The number of Topliss-reactive ketones (excluding diaryl/α,β-unsaturated/α-hetero) is 1. The van der Waals surface area contributed by atoms with Crippen molar-refractivity contribution >= 4 is 40.5 Å². The molecule has 0 radical (unpaired) electrons. The Balaban J connectivity index is 2.04. The molecule has 0 saturated heterocycles. The third kappa shape index (κ3) is 6.77. The normalized spacial score (nSPS) is 12.5. The number of carbonyl (C=O) groups excluding carboxylic acids is 1. The third-order valence-electron chi connectivity index (χ3n) is 4.33. The van der Waals surface area contributed by atoms with E-state index in [1.165, 1.54) is 38.2 Å². The van der Waals surface area contributed by atoms with E-state index in [4.69, 9.17) is 23.1 Å². The van der Waals surface area contributed by atoms with Crippen molar-refractivity contribution in [3.05, 3.63) is 76.6 Å². The summed E-state index contributed by atoms with van der Waals surface area (Å²) in [5, 5.41) is 11.8. The molecule has 2 aromatic rings. The molecule has 2 rings (SSSR count). The Morgan fingerprint density at radius 2 is 1.55 bits per heavy atom. The van der Waals surface area contributed by atoms with Gasteiger partial charge in [-0.15, -0.1) is 0 Å². The number of ketones is 1. The summed E-state index contributed by atoms with van der Waals surface area (Å²) in [7, 11) is 1.33. The summed E-state index contributed by atoms with van der Waals surface area (Å²) in [4.78, 5) is 27.5. The highest BCUT2D eigenvalue weighted by molar-refractivity contribution is 7.80. The number of allylic oxidation sites excluding steroid dienone is 2. The van der Waals surface area contributed by atoms with Gasteiger partial charge in [0.15, 0.2) is 5.11 Å². The number of carboxylic acids is 1. The summed E-state index contributed by atoms with van der Waals surface area (Å²) in [6.07, 6.45) is -4.50. The maximum atomic E-state index is 12.8. The fourth-order valence-electron chi connectivity index (χ4n) is 2.55. The van der Waals surface area contributed by atoms with E-state index >= 15 is 0 Å². The number of rotatable bonds is 7. The molecule has 174 valence electrons. The summed E-state index contributed by atoms with van der Waals surface area (Å²) >= 11 is 5.12. The van der Waals surface area contributed by atoms with E-state index in [2.05, 4.69) is 21.2 Å². The minimum absolute atomic E-state index is 0.102. The number of aromatic carboxylic acids is 1. The lowest BCUT2D eigenvalue weighted by Crippen LogP contribution is -2.41. The third-order valence-corrected chi connectivity index (χ3v) is 4.53. The number of nitrogens with zero attached hydrogens (tertiary/aromatic N) is 1. The molecular formula is C21H20F3N5O3S. The molecule has 6 N–H and O–H groups in total. The fourth-order valence-corrected chi connectivity index (χ4v) is 2.72. The van der Waals surface area contributed by atoms with E-state index in [-0.39, 0.29) is 33.3 Å². The van der Waals surface area contributed by atoms with Crippen LogP contribution in [0.15, 0.2) is 64.9 Å². The predicted octanol–water partition coefficient (Wildman–Crippen LogP) is 3.07. The Kier molecular flexibility index (Phi) is 8.13. The molecule has 0 heterocycles. The molecule has 0 fully saturated rings. The van der Waals surface area contributed by atoms with Crippen LogP contribution in [-0.4, -0.2) is 34.7 Å². The second kappa shape index (κ2) is 10.6. The number of halogens is 3. The van der Waals surface area contributed by atoms with Gasteiger partial charge in [0.25, 0.3) is 0 Å². The first-order valence-electron chi connectivity index (χ1n) is 9.26. The van der Waals surface area contributed by atoms with Crippen molar-refractivity contribution in [2.45, 2.75) is 13.1 Å². The molecule has 8 nitrogen and oxygen atoms in total. The number of carboxylic acid groups (broad SMARTS) is 1. The molecule has 0 aromatic heterocycles. The number of hydrogen-bond acceptors (Lipinski definition) is 6. The van der Waals surface area contributed by atoms with Crippen LogP contribution in [0.4, 0.5) is 18.9 Å². The molecule has 33 heavy (non-hydrogen) atoms. The molecule has 0 amide bonds. The monoisotopic (exact) mass is 479 g/mol. The SMILES string of the molecule is CN=C(C(=O)C(N)=C(C)NNC(=S)Nc1ccc(C(=O)O)cc1)c1ccc(C(F)(F)F)cc1. The number of nitrogens with two attached hydrogens (primary N) is 1. The highest BCUT2D eigenvalue weighted by Crippen LogP contribution is 2.29. The second-order valence-corrected chi connectivity index (χ2v) is 7.01. The van der Waals surface area contributed by atoms with Gasteiger partial charge in [0.2, 0.25) is 5.78 Å². The van der Waals surface area contributed by atoms with Gasteiger partial charge in [-0.2, -0.15) is 13.2 Å². The largest absolute Gasteiger partial charge is 0.478 e.